The molecule has 0 radical (unpaired) electrons. The van der Waals surface area contributed by atoms with Crippen LogP contribution >= 0.6 is 11.8 Å². The van der Waals surface area contributed by atoms with E-state index in [-0.39, 0.29) is 5.91 Å². The predicted molar refractivity (Wildman–Crippen MR) is 79.0 cm³/mol. The van der Waals surface area contributed by atoms with Crippen LogP contribution in [0.4, 0.5) is 5.69 Å². The van der Waals surface area contributed by atoms with Crippen LogP contribution in [0.15, 0.2) is 32.7 Å². The number of carbonyl (C=O) groups excluding carboxylic acids is 1. The Morgan fingerprint density at radius 1 is 1.35 bits per heavy atom. The molecule has 0 unspecified atom stereocenters. The lowest BCUT2D eigenvalue weighted by atomic mass is 10.2. The standard InChI is InChI=1S/C14H17N3O2S/c1-8-9(2)19-14(16-8)20-12-7-10(5-6-11(12)15)13(18)17(3)4/h5-7H,15H2,1-4H3. The minimum atomic E-state index is -0.0633. The molecule has 0 atom stereocenters. The highest BCUT2D eigenvalue weighted by Crippen LogP contribution is 2.33. The minimum Gasteiger partial charge on any atom is -0.436 e. The molecule has 1 aromatic heterocycles. The van der Waals surface area contributed by atoms with E-state index in [0.717, 1.165) is 16.3 Å². The van der Waals surface area contributed by atoms with Crippen LogP contribution in [0.2, 0.25) is 0 Å². The zero-order chi connectivity index (χ0) is 14.9. The van der Waals surface area contributed by atoms with Gasteiger partial charge in [-0.1, -0.05) is 0 Å². The molecule has 2 aromatic rings. The second kappa shape index (κ2) is 5.58. The molecule has 0 saturated carbocycles. The van der Waals surface area contributed by atoms with Crippen LogP contribution in [0.1, 0.15) is 21.8 Å². The van der Waals surface area contributed by atoms with Crippen LogP contribution in [-0.4, -0.2) is 29.9 Å². The number of oxazole rings is 1. The number of aryl methyl sites for hydroxylation is 2. The van der Waals surface area contributed by atoms with Crippen molar-refractivity contribution in [3.05, 3.63) is 35.2 Å². The smallest absolute Gasteiger partial charge is 0.261 e. The van der Waals surface area contributed by atoms with Crippen LogP contribution in [-0.2, 0) is 0 Å². The second-order valence-corrected chi connectivity index (χ2v) is 5.67. The summed E-state index contributed by atoms with van der Waals surface area (Å²) >= 11 is 1.32. The fourth-order valence-corrected chi connectivity index (χ4v) is 2.50. The zero-order valence-corrected chi connectivity index (χ0v) is 12.7. The topological polar surface area (TPSA) is 72.4 Å². The normalized spacial score (nSPS) is 10.6. The van der Waals surface area contributed by atoms with Crippen molar-refractivity contribution in [2.45, 2.75) is 24.0 Å². The summed E-state index contributed by atoms with van der Waals surface area (Å²) in [5.74, 6) is 0.721. The number of hydrogen-bond donors (Lipinski definition) is 1. The molecule has 1 amide bonds. The first-order chi connectivity index (χ1) is 9.38. The van der Waals surface area contributed by atoms with Gasteiger partial charge >= 0.3 is 0 Å². The first-order valence-corrected chi connectivity index (χ1v) is 6.93. The summed E-state index contributed by atoms with van der Waals surface area (Å²) < 4.78 is 5.52. The summed E-state index contributed by atoms with van der Waals surface area (Å²) in [4.78, 5) is 18.5. The number of anilines is 1. The van der Waals surface area contributed by atoms with Gasteiger partial charge in [0.1, 0.15) is 5.76 Å². The quantitative estimate of drug-likeness (QED) is 0.880. The molecule has 1 heterocycles. The van der Waals surface area contributed by atoms with E-state index in [2.05, 4.69) is 4.98 Å². The van der Waals surface area contributed by atoms with Gasteiger partial charge in [0.15, 0.2) is 0 Å². The summed E-state index contributed by atoms with van der Waals surface area (Å²) in [5, 5.41) is 0.529. The number of nitrogens with two attached hydrogens (primary N) is 1. The molecular formula is C14H17N3O2S. The summed E-state index contributed by atoms with van der Waals surface area (Å²) in [6, 6.07) is 5.20. The molecule has 0 spiro atoms. The van der Waals surface area contributed by atoms with Gasteiger partial charge in [0, 0.05) is 30.2 Å². The third-order valence-corrected chi connectivity index (χ3v) is 3.80. The molecule has 0 bridgehead atoms. The molecule has 1 aromatic carbocycles. The molecule has 106 valence electrons. The maximum absolute atomic E-state index is 12.0. The van der Waals surface area contributed by atoms with Gasteiger partial charge in [0.05, 0.1) is 5.69 Å². The van der Waals surface area contributed by atoms with E-state index in [0.29, 0.717) is 16.5 Å². The maximum atomic E-state index is 12.0. The number of aromatic nitrogens is 1. The van der Waals surface area contributed by atoms with Gasteiger partial charge in [0.25, 0.3) is 11.1 Å². The number of hydrogen-bond acceptors (Lipinski definition) is 5. The summed E-state index contributed by atoms with van der Waals surface area (Å²) in [6.07, 6.45) is 0. The SMILES string of the molecule is Cc1nc(Sc2cc(C(=O)N(C)C)ccc2N)oc1C. The minimum absolute atomic E-state index is 0.0633. The fraction of sp³-hybridized carbons (Fsp3) is 0.286. The van der Waals surface area contributed by atoms with Crippen molar-refractivity contribution in [2.75, 3.05) is 19.8 Å². The first kappa shape index (κ1) is 14.5. The van der Waals surface area contributed by atoms with Gasteiger partial charge in [-0.2, -0.15) is 0 Å². The number of amides is 1. The van der Waals surface area contributed by atoms with Crippen LogP contribution < -0.4 is 5.73 Å². The molecule has 0 saturated heterocycles. The fourth-order valence-electron chi connectivity index (χ4n) is 1.59. The highest BCUT2D eigenvalue weighted by atomic mass is 32.2. The summed E-state index contributed by atoms with van der Waals surface area (Å²) in [7, 11) is 3.43. The maximum Gasteiger partial charge on any atom is 0.261 e. The van der Waals surface area contributed by atoms with Crippen LogP contribution in [0, 0.1) is 13.8 Å². The number of carbonyl (C=O) groups is 1. The van der Waals surface area contributed by atoms with E-state index in [9.17, 15) is 4.79 Å². The second-order valence-electron chi connectivity index (χ2n) is 4.68. The Labute approximate surface area is 122 Å². The number of nitrogen functional groups attached to an aromatic ring is 1. The molecule has 0 aliphatic carbocycles. The van der Waals surface area contributed by atoms with Crippen LogP contribution in [0.5, 0.6) is 0 Å². The van der Waals surface area contributed by atoms with Gasteiger partial charge in [-0.25, -0.2) is 4.98 Å². The average molecular weight is 291 g/mol. The molecule has 0 aliphatic rings. The van der Waals surface area contributed by atoms with E-state index in [1.54, 1.807) is 32.3 Å². The third kappa shape index (κ3) is 2.96. The van der Waals surface area contributed by atoms with E-state index < -0.39 is 0 Å². The Bertz CT molecular complexity index is 630. The van der Waals surface area contributed by atoms with Gasteiger partial charge in [0.2, 0.25) is 0 Å². The molecule has 5 nitrogen and oxygen atoms in total. The van der Waals surface area contributed by atoms with Crippen molar-refractivity contribution in [1.29, 1.82) is 0 Å². The molecular weight excluding hydrogens is 274 g/mol. The molecule has 0 fully saturated rings. The van der Waals surface area contributed by atoms with Gasteiger partial charge in [-0.05, 0) is 43.8 Å². The van der Waals surface area contributed by atoms with Crippen LogP contribution in [0.25, 0.3) is 0 Å². The number of rotatable bonds is 3. The molecule has 0 aliphatic heterocycles. The predicted octanol–water partition coefficient (Wildman–Crippen LogP) is 2.73. The Kier molecular flexibility index (Phi) is 4.04. The highest BCUT2D eigenvalue weighted by Gasteiger charge is 2.13. The molecule has 2 rings (SSSR count). The van der Waals surface area contributed by atoms with Gasteiger partial charge < -0.3 is 15.1 Å². The average Bonchev–Trinajstić information content (AvgIpc) is 2.70. The molecule has 6 heteroatoms. The van der Waals surface area contributed by atoms with E-state index in [1.807, 2.05) is 13.8 Å². The Morgan fingerprint density at radius 2 is 2.05 bits per heavy atom. The summed E-state index contributed by atoms with van der Waals surface area (Å²) in [6.45, 7) is 3.75. The van der Waals surface area contributed by atoms with Crippen LogP contribution in [0.3, 0.4) is 0 Å². The van der Waals surface area contributed by atoms with E-state index in [1.165, 1.54) is 16.7 Å². The Morgan fingerprint density at radius 3 is 2.60 bits per heavy atom. The van der Waals surface area contributed by atoms with Crippen molar-refractivity contribution < 1.29 is 9.21 Å². The van der Waals surface area contributed by atoms with Crippen molar-refractivity contribution in [2.24, 2.45) is 0 Å². The monoisotopic (exact) mass is 291 g/mol. The van der Waals surface area contributed by atoms with Crippen molar-refractivity contribution >= 4 is 23.4 Å². The van der Waals surface area contributed by atoms with E-state index in [4.69, 9.17) is 10.2 Å². The largest absolute Gasteiger partial charge is 0.436 e. The van der Waals surface area contributed by atoms with Gasteiger partial charge in [-0.3, -0.25) is 4.79 Å². The van der Waals surface area contributed by atoms with Crippen molar-refractivity contribution in [3.8, 4) is 0 Å². The third-order valence-electron chi connectivity index (χ3n) is 2.87. The Balaban J connectivity index is 2.31. The lowest BCUT2D eigenvalue weighted by Crippen LogP contribution is -2.21. The van der Waals surface area contributed by atoms with E-state index >= 15 is 0 Å². The lowest BCUT2D eigenvalue weighted by Gasteiger charge is -2.11. The number of benzene rings is 1. The number of nitrogens with zero attached hydrogens (tertiary/aromatic N) is 2. The zero-order valence-electron chi connectivity index (χ0n) is 11.9. The first-order valence-electron chi connectivity index (χ1n) is 6.11. The molecule has 20 heavy (non-hydrogen) atoms. The van der Waals surface area contributed by atoms with Crippen molar-refractivity contribution in [1.82, 2.24) is 9.88 Å². The van der Waals surface area contributed by atoms with Crippen molar-refractivity contribution in [3.63, 3.8) is 0 Å². The molecule has 2 N–H and O–H groups in total. The summed E-state index contributed by atoms with van der Waals surface area (Å²) in [5.41, 5.74) is 7.98. The highest BCUT2D eigenvalue weighted by molar-refractivity contribution is 7.99. The lowest BCUT2D eigenvalue weighted by molar-refractivity contribution is 0.0827. The Hall–Kier alpha value is -1.95. The van der Waals surface area contributed by atoms with Gasteiger partial charge in [-0.15, -0.1) is 0 Å².